The molecule has 0 amide bonds. The molecule has 0 bridgehead atoms. The van der Waals surface area contributed by atoms with Crippen LogP contribution < -0.4 is 5.32 Å². The number of hydrogen-bond donors (Lipinski definition) is 1. The van der Waals surface area contributed by atoms with Gasteiger partial charge in [-0.25, -0.2) is 9.97 Å². The summed E-state index contributed by atoms with van der Waals surface area (Å²) in [5.41, 5.74) is 4.46. The Bertz CT molecular complexity index is 945. The lowest BCUT2D eigenvalue weighted by Gasteiger charge is -2.15. The summed E-state index contributed by atoms with van der Waals surface area (Å²) in [4.78, 5) is 9.34. The van der Waals surface area contributed by atoms with Crippen LogP contribution >= 0.6 is 11.8 Å². The normalized spacial score (nSPS) is 10.6. The maximum atomic E-state index is 9.75. The summed E-state index contributed by atoms with van der Waals surface area (Å²) >= 11 is 1.57. The highest BCUT2D eigenvalue weighted by Gasteiger charge is 2.17. The molecule has 4 nitrogen and oxygen atoms in total. The number of anilines is 1. The number of rotatable bonds is 6. The summed E-state index contributed by atoms with van der Waals surface area (Å²) in [5, 5.41) is 13.7. The molecule has 0 spiro atoms. The third-order valence-electron chi connectivity index (χ3n) is 3.96. The van der Waals surface area contributed by atoms with E-state index in [4.69, 9.17) is 4.98 Å². The topological polar surface area (TPSA) is 61.6 Å². The number of benzene rings is 2. The summed E-state index contributed by atoms with van der Waals surface area (Å²) in [6, 6.07) is 20.8. The quantitative estimate of drug-likeness (QED) is 0.460. The van der Waals surface area contributed by atoms with Crippen LogP contribution in [0.1, 0.15) is 30.5 Å². The Balaban J connectivity index is 2.01. The molecule has 1 N–H and O–H groups in total. The molecule has 0 aliphatic carbocycles. The standard InChI is InChI=1S/C22H22N4S/c1-15(2)24-21-19(13-23)20(18-11-9-16(3)10-12-18)25-22(26-21)27-14-17-7-5-4-6-8-17/h4-12,15H,14H2,1-3H3,(H,24,25,26). The summed E-state index contributed by atoms with van der Waals surface area (Å²) in [5.74, 6) is 1.37. The van der Waals surface area contributed by atoms with Crippen molar-refractivity contribution in [3.63, 3.8) is 0 Å². The molecule has 0 saturated carbocycles. The Labute approximate surface area is 164 Å². The minimum absolute atomic E-state index is 0.171. The second-order valence-electron chi connectivity index (χ2n) is 6.63. The van der Waals surface area contributed by atoms with E-state index in [1.165, 1.54) is 11.1 Å². The van der Waals surface area contributed by atoms with Crippen LogP contribution in [0.4, 0.5) is 5.82 Å². The van der Waals surface area contributed by atoms with Crippen LogP contribution in [0.25, 0.3) is 11.3 Å². The SMILES string of the molecule is Cc1ccc(-c2nc(SCc3ccccc3)nc(NC(C)C)c2C#N)cc1. The Morgan fingerprint density at radius 3 is 2.37 bits per heavy atom. The van der Waals surface area contributed by atoms with Gasteiger partial charge in [-0.05, 0) is 26.3 Å². The van der Waals surface area contributed by atoms with Gasteiger partial charge in [-0.3, -0.25) is 0 Å². The van der Waals surface area contributed by atoms with Gasteiger partial charge in [-0.15, -0.1) is 0 Å². The van der Waals surface area contributed by atoms with Gasteiger partial charge in [-0.2, -0.15) is 5.26 Å². The molecule has 1 aromatic heterocycles. The molecular weight excluding hydrogens is 352 g/mol. The van der Waals surface area contributed by atoms with E-state index in [9.17, 15) is 5.26 Å². The van der Waals surface area contributed by atoms with Crippen LogP contribution in [-0.2, 0) is 5.75 Å². The average molecular weight is 375 g/mol. The lowest BCUT2D eigenvalue weighted by molar-refractivity contribution is 0.866. The molecule has 0 saturated heterocycles. The first-order chi connectivity index (χ1) is 13.1. The monoisotopic (exact) mass is 374 g/mol. The van der Waals surface area contributed by atoms with Crippen molar-refractivity contribution in [2.24, 2.45) is 0 Å². The number of aryl methyl sites for hydroxylation is 1. The largest absolute Gasteiger partial charge is 0.367 e. The van der Waals surface area contributed by atoms with Crippen molar-refractivity contribution in [2.45, 2.75) is 37.7 Å². The number of nitrogens with zero attached hydrogens (tertiary/aromatic N) is 3. The number of thioether (sulfide) groups is 1. The maximum Gasteiger partial charge on any atom is 0.190 e. The van der Waals surface area contributed by atoms with Crippen molar-refractivity contribution in [3.05, 3.63) is 71.3 Å². The zero-order chi connectivity index (χ0) is 19.2. The first-order valence-corrected chi connectivity index (χ1v) is 9.88. The highest BCUT2D eigenvalue weighted by molar-refractivity contribution is 7.98. The number of hydrogen-bond acceptors (Lipinski definition) is 5. The van der Waals surface area contributed by atoms with Gasteiger partial charge < -0.3 is 5.32 Å². The van der Waals surface area contributed by atoms with Crippen LogP contribution in [-0.4, -0.2) is 16.0 Å². The molecular formula is C22H22N4S. The molecule has 2 aromatic carbocycles. The third-order valence-corrected chi connectivity index (χ3v) is 4.88. The number of nitrogens with one attached hydrogen (secondary N) is 1. The second-order valence-corrected chi connectivity index (χ2v) is 7.57. The van der Waals surface area contributed by atoms with E-state index in [0.717, 1.165) is 11.3 Å². The van der Waals surface area contributed by atoms with Gasteiger partial charge in [0.05, 0.1) is 5.69 Å². The van der Waals surface area contributed by atoms with Crippen molar-refractivity contribution >= 4 is 17.6 Å². The van der Waals surface area contributed by atoms with Crippen LogP contribution in [0.15, 0.2) is 59.8 Å². The van der Waals surface area contributed by atoms with Gasteiger partial charge in [0, 0.05) is 17.4 Å². The molecule has 0 aliphatic rings. The molecule has 3 aromatic rings. The van der Waals surface area contributed by atoms with Gasteiger partial charge in [-0.1, -0.05) is 71.9 Å². The molecule has 0 aliphatic heterocycles. The Morgan fingerprint density at radius 1 is 1.04 bits per heavy atom. The minimum atomic E-state index is 0.171. The average Bonchev–Trinajstić information content (AvgIpc) is 2.67. The highest BCUT2D eigenvalue weighted by atomic mass is 32.2. The molecule has 1 heterocycles. The molecule has 3 rings (SSSR count). The molecule has 0 atom stereocenters. The fourth-order valence-electron chi connectivity index (χ4n) is 2.63. The van der Waals surface area contributed by atoms with E-state index < -0.39 is 0 Å². The van der Waals surface area contributed by atoms with Gasteiger partial charge in [0.15, 0.2) is 5.16 Å². The van der Waals surface area contributed by atoms with Crippen molar-refractivity contribution in [2.75, 3.05) is 5.32 Å². The molecule has 136 valence electrons. The van der Waals surface area contributed by atoms with E-state index >= 15 is 0 Å². The zero-order valence-corrected chi connectivity index (χ0v) is 16.5. The third kappa shape index (κ3) is 4.87. The lowest BCUT2D eigenvalue weighted by atomic mass is 10.1. The molecule has 0 radical (unpaired) electrons. The summed E-state index contributed by atoms with van der Waals surface area (Å²) < 4.78 is 0. The van der Waals surface area contributed by atoms with E-state index in [0.29, 0.717) is 22.2 Å². The Hall–Kier alpha value is -2.84. The predicted molar refractivity (Wildman–Crippen MR) is 112 cm³/mol. The highest BCUT2D eigenvalue weighted by Crippen LogP contribution is 2.30. The molecule has 5 heteroatoms. The minimum Gasteiger partial charge on any atom is -0.367 e. The van der Waals surface area contributed by atoms with E-state index in [-0.39, 0.29) is 6.04 Å². The van der Waals surface area contributed by atoms with Gasteiger partial charge >= 0.3 is 0 Å². The van der Waals surface area contributed by atoms with Crippen LogP contribution in [0.2, 0.25) is 0 Å². The first kappa shape index (κ1) is 18.9. The van der Waals surface area contributed by atoms with Crippen molar-refractivity contribution < 1.29 is 0 Å². The Kier molecular flexibility index (Phi) is 6.10. The zero-order valence-electron chi connectivity index (χ0n) is 15.7. The van der Waals surface area contributed by atoms with Crippen LogP contribution in [0, 0.1) is 18.3 Å². The predicted octanol–water partition coefficient (Wildman–Crippen LogP) is 5.44. The second kappa shape index (κ2) is 8.70. The van der Waals surface area contributed by atoms with Gasteiger partial charge in [0.2, 0.25) is 0 Å². The number of nitriles is 1. The number of aromatic nitrogens is 2. The summed E-state index contributed by atoms with van der Waals surface area (Å²) in [6.07, 6.45) is 0. The fourth-order valence-corrected chi connectivity index (χ4v) is 3.43. The van der Waals surface area contributed by atoms with Crippen molar-refractivity contribution in [1.29, 1.82) is 5.26 Å². The molecule has 0 unspecified atom stereocenters. The van der Waals surface area contributed by atoms with Crippen LogP contribution in [0.5, 0.6) is 0 Å². The van der Waals surface area contributed by atoms with Crippen LogP contribution in [0.3, 0.4) is 0 Å². The van der Waals surface area contributed by atoms with Crippen molar-refractivity contribution in [3.8, 4) is 17.3 Å². The van der Waals surface area contributed by atoms with Gasteiger partial charge in [0.1, 0.15) is 17.5 Å². The molecule has 27 heavy (non-hydrogen) atoms. The maximum absolute atomic E-state index is 9.75. The summed E-state index contributed by atoms with van der Waals surface area (Å²) in [6.45, 7) is 6.11. The Morgan fingerprint density at radius 2 is 1.74 bits per heavy atom. The molecule has 0 fully saturated rings. The first-order valence-electron chi connectivity index (χ1n) is 8.89. The van der Waals surface area contributed by atoms with E-state index in [1.807, 2.05) is 63.2 Å². The van der Waals surface area contributed by atoms with Crippen molar-refractivity contribution in [1.82, 2.24) is 9.97 Å². The van der Waals surface area contributed by atoms with E-state index in [1.54, 1.807) is 11.8 Å². The van der Waals surface area contributed by atoms with Gasteiger partial charge in [0.25, 0.3) is 0 Å². The smallest absolute Gasteiger partial charge is 0.190 e. The van der Waals surface area contributed by atoms with E-state index in [2.05, 4.69) is 28.5 Å². The fraction of sp³-hybridized carbons (Fsp3) is 0.227. The lowest BCUT2D eigenvalue weighted by Crippen LogP contribution is -2.14. The summed E-state index contributed by atoms with van der Waals surface area (Å²) in [7, 11) is 0.